The lowest BCUT2D eigenvalue weighted by Gasteiger charge is -2.35. The summed E-state index contributed by atoms with van der Waals surface area (Å²) in [6, 6.07) is 41.0. The second kappa shape index (κ2) is 10.4. The van der Waals surface area contributed by atoms with E-state index in [2.05, 4.69) is 71.5 Å². The number of nitrogens with zero attached hydrogens (tertiary/aromatic N) is 4. The monoisotopic (exact) mass is 630 g/mol. The molecular formula is C41H31FN4S. The number of hydrogen-bond acceptors (Lipinski definition) is 3. The van der Waals surface area contributed by atoms with Gasteiger partial charge < -0.3 is 4.57 Å². The smallest absolute Gasteiger partial charge is 0.150 e. The van der Waals surface area contributed by atoms with Crippen LogP contribution in [0.25, 0.3) is 50.0 Å². The summed E-state index contributed by atoms with van der Waals surface area (Å²) in [7, 11) is 2.01. The fourth-order valence-electron chi connectivity index (χ4n) is 7.33. The first-order valence-corrected chi connectivity index (χ1v) is 16.7. The number of para-hydroxylation sites is 2. The molecular weight excluding hydrogens is 600 g/mol. The van der Waals surface area contributed by atoms with Crippen molar-refractivity contribution >= 4 is 44.6 Å². The van der Waals surface area contributed by atoms with Gasteiger partial charge in [0.15, 0.2) is 6.17 Å². The van der Waals surface area contributed by atoms with Crippen molar-refractivity contribution < 1.29 is 4.39 Å². The Bertz CT molecular complexity index is 2510. The highest BCUT2D eigenvalue weighted by Crippen LogP contribution is 2.53. The van der Waals surface area contributed by atoms with E-state index in [0.29, 0.717) is 11.1 Å². The molecule has 47 heavy (non-hydrogen) atoms. The Labute approximate surface area is 276 Å². The van der Waals surface area contributed by atoms with E-state index >= 15 is 4.39 Å². The molecule has 8 aromatic rings. The zero-order valence-electron chi connectivity index (χ0n) is 26.3. The van der Waals surface area contributed by atoms with Gasteiger partial charge in [-0.25, -0.2) is 14.4 Å². The number of aryl methyl sites for hydroxylation is 1. The van der Waals surface area contributed by atoms with E-state index < -0.39 is 6.17 Å². The molecule has 0 radical (unpaired) electrons. The zero-order chi connectivity index (χ0) is 31.9. The lowest BCUT2D eigenvalue weighted by Crippen LogP contribution is -2.24. The second-order valence-corrected chi connectivity index (χ2v) is 13.9. The molecule has 6 heteroatoms. The van der Waals surface area contributed by atoms with Crippen LogP contribution in [-0.4, -0.2) is 19.1 Å². The minimum Gasteiger partial charge on any atom is -0.327 e. The molecule has 0 N–H and O–H groups in total. The number of imidazole rings is 1. The molecule has 4 heterocycles. The molecule has 0 saturated heterocycles. The number of rotatable bonds is 4. The number of halogens is 1. The third-order valence-electron chi connectivity index (χ3n) is 9.75. The quantitative estimate of drug-likeness (QED) is 0.194. The Kier molecular flexibility index (Phi) is 6.21. The third-order valence-corrected chi connectivity index (χ3v) is 10.9. The molecule has 0 fully saturated rings. The maximum atomic E-state index is 16.7. The van der Waals surface area contributed by atoms with Gasteiger partial charge in [-0.15, -0.1) is 0 Å². The summed E-state index contributed by atoms with van der Waals surface area (Å²) in [6.45, 7) is 4.61. The molecule has 1 aliphatic rings. The zero-order valence-corrected chi connectivity index (χ0v) is 27.1. The van der Waals surface area contributed by atoms with E-state index in [9.17, 15) is 0 Å². The molecule has 5 aromatic carbocycles. The fourth-order valence-corrected chi connectivity index (χ4v) is 8.86. The highest BCUT2D eigenvalue weighted by atomic mass is 32.2. The van der Waals surface area contributed by atoms with Crippen molar-refractivity contribution in [1.29, 1.82) is 0 Å². The molecule has 0 saturated carbocycles. The van der Waals surface area contributed by atoms with Crippen LogP contribution in [0.5, 0.6) is 0 Å². The first-order chi connectivity index (χ1) is 22.9. The molecule has 0 amide bonds. The maximum Gasteiger partial charge on any atom is 0.150 e. The van der Waals surface area contributed by atoms with E-state index in [1.54, 1.807) is 0 Å². The van der Waals surface area contributed by atoms with E-state index in [1.165, 1.54) is 20.9 Å². The van der Waals surface area contributed by atoms with Gasteiger partial charge in [0.1, 0.15) is 11.6 Å². The first-order valence-electron chi connectivity index (χ1n) is 15.9. The van der Waals surface area contributed by atoms with Gasteiger partial charge in [-0.2, -0.15) is 0 Å². The Morgan fingerprint density at radius 1 is 0.723 bits per heavy atom. The van der Waals surface area contributed by atoms with Gasteiger partial charge in [0.2, 0.25) is 0 Å². The Morgan fingerprint density at radius 2 is 1.51 bits per heavy atom. The summed E-state index contributed by atoms with van der Waals surface area (Å²) in [5.41, 5.74) is 8.56. The van der Waals surface area contributed by atoms with Gasteiger partial charge in [0.25, 0.3) is 0 Å². The molecule has 1 aliphatic heterocycles. The van der Waals surface area contributed by atoms with Crippen LogP contribution < -0.4 is 0 Å². The van der Waals surface area contributed by atoms with Gasteiger partial charge in [0.05, 0.1) is 22.1 Å². The van der Waals surface area contributed by atoms with Crippen LogP contribution in [-0.2, 0) is 12.5 Å². The highest BCUT2D eigenvalue weighted by molar-refractivity contribution is 7.99. The maximum absolute atomic E-state index is 16.7. The summed E-state index contributed by atoms with van der Waals surface area (Å²) >= 11 is 1.82. The number of benzene rings is 5. The molecule has 4 nitrogen and oxygen atoms in total. The predicted molar refractivity (Wildman–Crippen MR) is 190 cm³/mol. The standard InChI is InChI=1S/C41H31FN4S/c1-41(2)30-13-4-7-16-35(30)47-39-31(41)21-20-29-28-19-18-26(24-34(28)46(38(29)39)36-17-8-9-22-43-36)37(42)25-11-10-12-27(23-25)40-44-32-14-5-6-15-33(32)45(40)3/h4-24,37H,1-3H3. The highest BCUT2D eigenvalue weighted by Gasteiger charge is 2.35. The summed E-state index contributed by atoms with van der Waals surface area (Å²) < 4.78 is 21.0. The van der Waals surface area contributed by atoms with Crippen molar-refractivity contribution in [2.45, 2.75) is 35.2 Å². The van der Waals surface area contributed by atoms with Crippen LogP contribution in [0.4, 0.5) is 4.39 Å². The molecule has 9 rings (SSSR count). The molecule has 0 aliphatic carbocycles. The molecule has 1 atom stereocenters. The third kappa shape index (κ3) is 4.21. The van der Waals surface area contributed by atoms with E-state index in [0.717, 1.165) is 50.0 Å². The van der Waals surface area contributed by atoms with Crippen LogP contribution >= 0.6 is 11.8 Å². The van der Waals surface area contributed by atoms with Crippen LogP contribution in [0.1, 0.15) is 42.3 Å². The Hall–Kier alpha value is -5.20. The lowest BCUT2D eigenvalue weighted by molar-refractivity contribution is 0.402. The Balaban J connectivity index is 1.22. The number of pyridine rings is 1. The van der Waals surface area contributed by atoms with Crippen LogP contribution in [0, 0.1) is 0 Å². The summed E-state index contributed by atoms with van der Waals surface area (Å²) in [5, 5.41) is 2.22. The number of hydrogen-bond donors (Lipinski definition) is 0. The molecule has 1 unspecified atom stereocenters. The van der Waals surface area contributed by atoms with Crippen molar-refractivity contribution in [2.75, 3.05) is 0 Å². The van der Waals surface area contributed by atoms with E-state index in [4.69, 9.17) is 9.97 Å². The van der Waals surface area contributed by atoms with Gasteiger partial charge in [-0.3, -0.25) is 4.57 Å². The van der Waals surface area contributed by atoms with Gasteiger partial charge in [-0.05, 0) is 64.7 Å². The second-order valence-electron chi connectivity index (χ2n) is 12.8. The predicted octanol–water partition coefficient (Wildman–Crippen LogP) is 10.6. The van der Waals surface area contributed by atoms with Gasteiger partial charge >= 0.3 is 0 Å². The molecule has 0 bridgehead atoms. The first kappa shape index (κ1) is 28.1. The number of alkyl halides is 1. The van der Waals surface area contributed by atoms with E-state index in [-0.39, 0.29) is 5.41 Å². The van der Waals surface area contributed by atoms with Crippen LogP contribution in [0.15, 0.2) is 137 Å². The summed E-state index contributed by atoms with van der Waals surface area (Å²) in [6.07, 6.45) is 0.502. The fraction of sp³-hybridized carbons (Fsp3) is 0.122. The average Bonchev–Trinajstić information content (AvgIpc) is 3.63. The number of aromatic nitrogens is 4. The average molecular weight is 631 g/mol. The minimum absolute atomic E-state index is 0.171. The molecule has 228 valence electrons. The number of fused-ring (bicyclic) bond motifs is 7. The van der Waals surface area contributed by atoms with Crippen LogP contribution in [0.3, 0.4) is 0 Å². The largest absolute Gasteiger partial charge is 0.327 e. The van der Waals surface area contributed by atoms with Crippen molar-refractivity contribution in [3.8, 4) is 17.2 Å². The normalized spacial score (nSPS) is 14.4. The topological polar surface area (TPSA) is 35.6 Å². The van der Waals surface area contributed by atoms with Crippen molar-refractivity contribution in [1.82, 2.24) is 19.1 Å². The Morgan fingerprint density at radius 3 is 2.36 bits per heavy atom. The van der Waals surface area contributed by atoms with Gasteiger partial charge in [0, 0.05) is 44.8 Å². The van der Waals surface area contributed by atoms with Gasteiger partial charge in [-0.1, -0.05) is 104 Å². The molecule has 3 aromatic heterocycles. The van der Waals surface area contributed by atoms with Crippen molar-refractivity contribution in [2.24, 2.45) is 7.05 Å². The van der Waals surface area contributed by atoms with Crippen LogP contribution in [0.2, 0.25) is 0 Å². The van der Waals surface area contributed by atoms with Crippen molar-refractivity contribution in [3.63, 3.8) is 0 Å². The molecule has 0 spiro atoms. The lowest BCUT2D eigenvalue weighted by atomic mass is 9.77. The summed E-state index contributed by atoms with van der Waals surface area (Å²) in [5.74, 6) is 1.63. The van der Waals surface area contributed by atoms with E-state index in [1.807, 2.05) is 97.8 Å². The minimum atomic E-state index is -1.32. The summed E-state index contributed by atoms with van der Waals surface area (Å²) in [4.78, 5) is 12.1. The SMILES string of the molecule is Cn1c(-c2cccc(C(F)c3ccc4c5ccc6c(c5n(-c5ccccn5)c4c3)Sc3ccccc3C6(C)C)c2)nc2ccccc21. The van der Waals surface area contributed by atoms with Crippen molar-refractivity contribution in [3.05, 3.63) is 150 Å².